The smallest absolute Gasteiger partial charge is 0.0857 e. The quantitative estimate of drug-likeness (QED) is 0.553. The Morgan fingerprint density at radius 1 is 0.682 bits per heavy atom. The van der Waals surface area contributed by atoms with Crippen molar-refractivity contribution in [3.05, 3.63) is 60.2 Å². The van der Waals surface area contributed by atoms with Gasteiger partial charge in [-0.25, -0.2) is 0 Å². The van der Waals surface area contributed by atoms with Crippen LogP contribution in [0.4, 0.5) is 11.4 Å². The van der Waals surface area contributed by atoms with E-state index in [0.717, 1.165) is 17.8 Å². The highest BCUT2D eigenvalue weighted by molar-refractivity contribution is 5.42. The zero-order valence-electron chi connectivity index (χ0n) is 14.3. The Kier molecular flexibility index (Phi) is 4.80. The molecule has 0 aliphatic rings. The number of benzene rings is 2. The molecule has 0 saturated carbocycles. The molecular formula is C20H26N2. The number of rotatable bonds is 4. The molecule has 2 rings (SSSR count). The molecule has 0 amide bonds. The SMILES string of the molecule is CC(C)(C)CC(C)(C)c1ccc(N=Nc2ccccc2)cc1. The molecule has 0 unspecified atom stereocenters. The third-order valence-electron chi connectivity index (χ3n) is 3.66. The second kappa shape index (κ2) is 6.43. The average molecular weight is 294 g/mol. The van der Waals surface area contributed by atoms with Crippen LogP contribution in [-0.4, -0.2) is 0 Å². The van der Waals surface area contributed by atoms with Crippen LogP contribution in [0.2, 0.25) is 0 Å². The van der Waals surface area contributed by atoms with Gasteiger partial charge in [0.25, 0.3) is 0 Å². The van der Waals surface area contributed by atoms with Crippen LogP contribution in [0.25, 0.3) is 0 Å². The lowest BCUT2D eigenvalue weighted by Crippen LogP contribution is -2.24. The van der Waals surface area contributed by atoms with Crippen LogP contribution in [-0.2, 0) is 5.41 Å². The van der Waals surface area contributed by atoms with Crippen LogP contribution in [0.5, 0.6) is 0 Å². The third kappa shape index (κ3) is 4.80. The first-order valence-electron chi connectivity index (χ1n) is 7.84. The lowest BCUT2D eigenvalue weighted by Gasteiger charge is -2.33. The van der Waals surface area contributed by atoms with Gasteiger partial charge in [-0.15, -0.1) is 0 Å². The maximum atomic E-state index is 4.30. The second-order valence-corrected chi connectivity index (χ2v) is 7.70. The van der Waals surface area contributed by atoms with Crippen LogP contribution in [0.3, 0.4) is 0 Å². The normalized spacial score (nSPS) is 12.8. The van der Waals surface area contributed by atoms with Gasteiger partial charge >= 0.3 is 0 Å². The van der Waals surface area contributed by atoms with Gasteiger partial charge < -0.3 is 0 Å². The Morgan fingerprint density at radius 3 is 1.68 bits per heavy atom. The van der Waals surface area contributed by atoms with Crippen molar-refractivity contribution in [3.8, 4) is 0 Å². The molecule has 0 N–H and O–H groups in total. The van der Waals surface area contributed by atoms with Crippen LogP contribution in [0.1, 0.15) is 46.6 Å². The molecule has 0 aliphatic heterocycles. The van der Waals surface area contributed by atoms with E-state index in [2.05, 4.69) is 57.0 Å². The first kappa shape index (κ1) is 16.4. The van der Waals surface area contributed by atoms with Crippen molar-refractivity contribution in [1.29, 1.82) is 0 Å². The van der Waals surface area contributed by atoms with Crippen molar-refractivity contribution in [2.45, 2.75) is 46.5 Å². The zero-order valence-corrected chi connectivity index (χ0v) is 14.3. The first-order valence-corrected chi connectivity index (χ1v) is 7.84. The molecule has 2 aromatic rings. The summed E-state index contributed by atoms with van der Waals surface area (Å²) in [5.41, 5.74) is 3.59. The van der Waals surface area contributed by atoms with Gasteiger partial charge in [-0.05, 0) is 47.1 Å². The van der Waals surface area contributed by atoms with Gasteiger partial charge in [0.05, 0.1) is 11.4 Å². The van der Waals surface area contributed by atoms with Crippen LogP contribution < -0.4 is 0 Å². The summed E-state index contributed by atoms with van der Waals surface area (Å²) < 4.78 is 0. The molecule has 0 bridgehead atoms. The van der Waals surface area contributed by atoms with E-state index in [9.17, 15) is 0 Å². The van der Waals surface area contributed by atoms with Crippen molar-refractivity contribution in [2.75, 3.05) is 0 Å². The maximum Gasteiger partial charge on any atom is 0.0857 e. The van der Waals surface area contributed by atoms with Crippen molar-refractivity contribution in [2.24, 2.45) is 15.6 Å². The fourth-order valence-electron chi connectivity index (χ4n) is 3.02. The van der Waals surface area contributed by atoms with Crippen LogP contribution >= 0.6 is 0 Å². The van der Waals surface area contributed by atoms with Gasteiger partial charge in [0.15, 0.2) is 0 Å². The second-order valence-electron chi connectivity index (χ2n) is 7.70. The Balaban J connectivity index is 2.12. The predicted molar refractivity (Wildman–Crippen MR) is 94.2 cm³/mol. The molecule has 2 nitrogen and oxygen atoms in total. The molecule has 2 heteroatoms. The molecule has 116 valence electrons. The van der Waals surface area contributed by atoms with Gasteiger partial charge in [0.1, 0.15) is 0 Å². The summed E-state index contributed by atoms with van der Waals surface area (Å²) in [4.78, 5) is 0. The number of hydrogen-bond donors (Lipinski definition) is 0. The molecular weight excluding hydrogens is 268 g/mol. The van der Waals surface area contributed by atoms with Crippen molar-refractivity contribution < 1.29 is 0 Å². The molecule has 0 fully saturated rings. The Hall–Kier alpha value is -1.96. The number of azo groups is 1. The highest BCUT2D eigenvalue weighted by Gasteiger charge is 2.26. The summed E-state index contributed by atoms with van der Waals surface area (Å²) in [5, 5.41) is 8.55. The molecule has 2 aromatic carbocycles. The molecule has 0 radical (unpaired) electrons. The summed E-state index contributed by atoms with van der Waals surface area (Å²) in [6, 6.07) is 18.2. The van der Waals surface area contributed by atoms with Crippen molar-refractivity contribution in [1.82, 2.24) is 0 Å². The lowest BCUT2D eigenvalue weighted by molar-refractivity contribution is 0.284. The van der Waals surface area contributed by atoms with Gasteiger partial charge in [-0.2, -0.15) is 10.2 Å². The lowest BCUT2D eigenvalue weighted by atomic mass is 9.72. The molecule has 0 saturated heterocycles. The molecule has 0 atom stereocenters. The van der Waals surface area contributed by atoms with Gasteiger partial charge in [0, 0.05) is 0 Å². The van der Waals surface area contributed by atoms with Crippen molar-refractivity contribution in [3.63, 3.8) is 0 Å². The van der Waals surface area contributed by atoms with E-state index in [4.69, 9.17) is 0 Å². The molecule has 0 heterocycles. The summed E-state index contributed by atoms with van der Waals surface area (Å²) in [6.07, 6.45) is 1.14. The molecule has 0 aliphatic carbocycles. The van der Waals surface area contributed by atoms with Gasteiger partial charge in [-0.1, -0.05) is 65.0 Å². The minimum Gasteiger partial charge on any atom is -0.151 e. The van der Waals surface area contributed by atoms with E-state index in [-0.39, 0.29) is 5.41 Å². The summed E-state index contributed by atoms with van der Waals surface area (Å²) in [6.45, 7) is 11.5. The van der Waals surface area contributed by atoms with Crippen LogP contribution in [0.15, 0.2) is 64.8 Å². The Bertz CT molecular complexity index is 617. The van der Waals surface area contributed by atoms with Crippen LogP contribution in [0, 0.1) is 5.41 Å². The monoisotopic (exact) mass is 294 g/mol. The molecule has 22 heavy (non-hydrogen) atoms. The Labute approximate surface area is 134 Å². The maximum absolute atomic E-state index is 4.30. The summed E-state index contributed by atoms with van der Waals surface area (Å²) in [5.74, 6) is 0. The highest BCUT2D eigenvalue weighted by Crippen LogP contribution is 2.36. The minimum absolute atomic E-state index is 0.160. The van der Waals surface area contributed by atoms with Crippen molar-refractivity contribution >= 4 is 11.4 Å². The molecule has 0 spiro atoms. The Morgan fingerprint density at radius 2 is 1.18 bits per heavy atom. The zero-order chi connectivity index (χ0) is 16.2. The number of hydrogen-bond acceptors (Lipinski definition) is 2. The minimum atomic E-state index is 0.160. The number of nitrogens with zero attached hydrogens (tertiary/aromatic N) is 2. The topological polar surface area (TPSA) is 24.7 Å². The summed E-state index contributed by atoms with van der Waals surface area (Å²) in [7, 11) is 0. The van der Waals surface area contributed by atoms with E-state index in [0.29, 0.717) is 5.41 Å². The standard InChI is InChI=1S/C20H26N2/c1-19(2,3)15-20(4,5)16-11-13-18(14-12-16)22-21-17-9-7-6-8-10-17/h6-14H,15H2,1-5H3. The van der Waals surface area contributed by atoms with Gasteiger partial charge in [0.2, 0.25) is 0 Å². The summed E-state index contributed by atoms with van der Waals surface area (Å²) >= 11 is 0. The highest BCUT2D eigenvalue weighted by atomic mass is 15.1. The van der Waals surface area contributed by atoms with E-state index >= 15 is 0 Å². The third-order valence-corrected chi connectivity index (χ3v) is 3.66. The van der Waals surface area contributed by atoms with E-state index in [1.165, 1.54) is 5.56 Å². The molecule has 0 aromatic heterocycles. The van der Waals surface area contributed by atoms with Gasteiger partial charge in [-0.3, -0.25) is 0 Å². The predicted octanol–water partition coefficient (Wildman–Crippen LogP) is 6.82. The van der Waals surface area contributed by atoms with E-state index in [1.54, 1.807) is 0 Å². The average Bonchev–Trinajstić information content (AvgIpc) is 2.44. The van der Waals surface area contributed by atoms with E-state index < -0.39 is 0 Å². The van der Waals surface area contributed by atoms with E-state index in [1.807, 2.05) is 42.5 Å². The largest absolute Gasteiger partial charge is 0.151 e. The fraction of sp³-hybridized carbons (Fsp3) is 0.400. The fourth-order valence-corrected chi connectivity index (χ4v) is 3.02. The first-order chi connectivity index (χ1) is 10.3.